The summed E-state index contributed by atoms with van der Waals surface area (Å²) >= 11 is 0. The number of hydrogen-bond acceptors (Lipinski definition) is 3. The molecule has 0 aliphatic heterocycles. The van der Waals surface area contributed by atoms with Crippen LogP contribution in [0.25, 0.3) is 0 Å². The maximum absolute atomic E-state index is 5.35. The zero-order valence-electron chi connectivity index (χ0n) is 7.30. The molecule has 0 saturated carbocycles. The summed E-state index contributed by atoms with van der Waals surface area (Å²) in [5, 5.41) is 0. The van der Waals surface area contributed by atoms with Crippen molar-refractivity contribution >= 4 is 9.52 Å². The molecular formula is C7H17NO2Si. The summed E-state index contributed by atoms with van der Waals surface area (Å²) in [6, 6.07) is 1.16. The van der Waals surface area contributed by atoms with Gasteiger partial charge in [0.25, 0.3) is 0 Å². The van der Waals surface area contributed by atoms with E-state index in [0.29, 0.717) is 0 Å². The van der Waals surface area contributed by atoms with Gasteiger partial charge in [-0.1, -0.05) is 12.5 Å². The molecular weight excluding hydrogens is 158 g/mol. The van der Waals surface area contributed by atoms with E-state index in [4.69, 9.17) is 15.2 Å². The van der Waals surface area contributed by atoms with Gasteiger partial charge in [0.2, 0.25) is 0 Å². The van der Waals surface area contributed by atoms with Crippen LogP contribution >= 0.6 is 0 Å². The lowest BCUT2D eigenvalue weighted by atomic mass is 10.3. The van der Waals surface area contributed by atoms with Crippen molar-refractivity contribution in [1.82, 2.24) is 0 Å². The Morgan fingerprint density at radius 1 is 1.27 bits per heavy atom. The molecule has 0 unspecified atom stereocenters. The molecule has 2 N–H and O–H groups in total. The molecule has 66 valence electrons. The molecule has 0 aromatic rings. The minimum absolute atomic E-state index is 0.00669. The van der Waals surface area contributed by atoms with Gasteiger partial charge in [-0.15, -0.1) is 0 Å². The van der Waals surface area contributed by atoms with Crippen molar-refractivity contribution in [1.29, 1.82) is 0 Å². The van der Waals surface area contributed by atoms with E-state index in [0.717, 1.165) is 28.5 Å². The fourth-order valence-electron chi connectivity index (χ4n) is 0.752. The van der Waals surface area contributed by atoms with Crippen molar-refractivity contribution in [3.63, 3.8) is 0 Å². The maximum atomic E-state index is 5.35. The van der Waals surface area contributed by atoms with Gasteiger partial charge in [0, 0.05) is 14.2 Å². The minimum Gasteiger partial charge on any atom is -0.360 e. The van der Waals surface area contributed by atoms with Crippen LogP contribution in [0.3, 0.4) is 0 Å². The van der Waals surface area contributed by atoms with Gasteiger partial charge in [0.15, 0.2) is 0 Å². The van der Waals surface area contributed by atoms with Crippen LogP contribution in [0.5, 0.6) is 0 Å². The summed E-state index contributed by atoms with van der Waals surface area (Å²) < 4.78 is 10.1. The summed E-state index contributed by atoms with van der Waals surface area (Å²) in [4.78, 5) is 0. The molecule has 2 radical (unpaired) electrons. The predicted octanol–water partition coefficient (Wildman–Crippen LogP) is 0.424. The highest BCUT2D eigenvalue weighted by atomic mass is 28.2. The van der Waals surface area contributed by atoms with Gasteiger partial charge in [-0.25, -0.2) is 0 Å². The third kappa shape index (κ3) is 6.49. The average molecular weight is 175 g/mol. The van der Waals surface area contributed by atoms with Crippen molar-refractivity contribution in [2.45, 2.75) is 24.8 Å². The molecule has 0 spiro atoms. The lowest BCUT2D eigenvalue weighted by Crippen LogP contribution is -2.21. The highest BCUT2D eigenvalue weighted by Gasteiger charge is 2.04. The topological polar surface area (TPSA) is 44.5 Å². The first kappa shape index (κ1) is 11.1. The molecule has 0 fully saturated rings. The standard InChI is InChI=1S/C7H17NO2Si/c1-9-7(10-2)11-6-4-3-5-8/h7H,3-6,8H2,1-2H3. The van der Waals surface area contributed by atoms with Crippen LogP contribution in [0.4, 0.5) is 0 Å². The first-order valence-electron chi connectivity index (χ1n) is 3.84. The van der Waals surface area contributed by atoms with Gasteiger partial charge in [-0.05, 0) is 13.0 Å². The fraction of sp³-hybridized carbons (Fsp3) is 1.00. The van der Waals surface area contributed by atoms with Gasteiger partial charge in [0.1, 0.15) is 15.4 Å². The van der Waals surface area contributed by atoms with Crippen LogP contribution in [0, 0.1) is 0 Å². The number of hydrogen-bond donors (Lipinski definition) is 1. The summed E-state index contributed by atoms with van der Waals surface area (Å²) in [6.45, 7) is 0.787. The van der Waals surface area contributed by atoms with Gasteiger partial charge in [0.05, 0.1) is 0 Å². The second-order valence-corrected chi connectivity index (χ2v) is 3.63. The molecule has 0 saturated heterocycles. The molecule has 0 bridgehead atoms. The lowest BCUT2D eigenvalue weighted by Gasteiger charge is -2.11. The van der Waals surface area contributed by atoms with Crippen LogP contribution in [0.15, 0.2) is 0 Å². The van der Waals surface area contributed by atoms with E-state index in [1.165, 1.54) is 6.42 Å². The Kier molecular flexibility index (Phi) is 8.27. The first-order valence-corrected chi connectivity index (χ1v) is 5.12. The van der Waals surface area contributed by atoms with Gasteiger partial charge in [-0.3, -0.25) is 0 Å². The number of unbranched alkanes of at least 4 members (excludes halogenated alkanes) is 1. The predicted molar refractivity (Wildman–Crippen MR) is 46.7 cm³/mol. The smallest absolute Gasteiger partial charge is 0.136 e. The molecule has 0 rings (SSSR count). The molecule has 4 heteroatoms. The van der Waals surface area contributed by atoms with E-state index in [2.05, 4.69) is 0 Å². The maximum Gasteiger partial charge on any atom is 0.136 e. The molecule has 0 aromatic heterocycles. The molecule has 0 aliphatic rings. The average Bonchev–Trinajstić information content (AvgIpc) is 2.05. The first-order chi connectivity index (χ1) is 5.35. The second-order valence-electron chi connectivity index (χ2n) is 2.25. The molecule has 3 nitrogen and oxygen atoms in total. The Balaban J connectivity index is 3.07. The largest absolute Gasteiger partial charge is 0.360 e. The third-order valence-corrected chi connectivity index (χ3v) is 2.82. The van der Waals surface area contributed by atoms with E-state index in [9.17, 15) is 0 Å². The highest BCUT2D eigenvalue weighted by Crippen LogP contribution is 1.98. The monoisotopic (exact) mass is 175 g/mol. The van der Waals surface area contributed by atoms with Crippen LogP contribution in [0.2, 0.25) is 6.04 Å². The zero-order chi connectivity index (χ0) is 8.53. The van der Waals surface area contributed by atoms with Gasteiger partial charge >= 0.3 is 0 Å². The van der Waals surface area contributed by atoms with Crippen LogP contribution < -0.4 is 5.73 Å². The fourth-order valence-corrected chi connectivity index (χ4v) is 1.78. The van der Waals surface area contributed by atoms with Crippen molar-refractivity contribution in [3.8, 4) is 0 Å². The Hall–Kier alpha value is 0.0969. The quantitative estimate of drug-likeness (QED) is 0.346. The van der Waals surface area contributed by atoms with E-state index in [1.54, 1.807) is 14.2 Å². The molecule has 0 aromatic carbocycles. The number of rotatable bonds is 7. The molecule has 0 amide bonds. The number of ether oxygens (including phenoxy) is 2. The van der Waals surface area contributed by atoms with Crippen LogP contribution in [0.1, 0.15) is 12.8 Å². The van der Waals surface area contributed by atoms with Crippen molar-refractivity contribution in [2.24, 2.45) is 5.73 Å². The Morgan fingerprint density at radius 2 is 1.91 bits per heavy atom. The van der Waals surface area contributed by atoms with E-state index in [-0.39, 0.29) is 5.91 Å². The third-order valence-electron chi connectivity index (χ3n) is 1.37. The SMILES string of the molecule is COC(OC)[Si]CCCCN. The molecule has 0 aliphatic carbocycles. The summed E-state index contributed by atoms with van der Waals surface area (Å²) in [5.41, 5.74) is 5.35. The summed E-state index contributed by atoms with van der Waals surface area (Å²) in [6.07, 6.45) is 2.28. The highest BCUT2D eigenvalue weighted by molar-refractivity contribution is 6.36. The van der Waals surface area contributed by atoms with E-state index < -0.39 is 0 Å². The second kappa shape index (κ2) is 8.20. The molecule has 0 atom stereocenters. The Morgan fingerprint density at radius 3 is 2.36 bits per heavy atom. The lowest BCUT2D eigenvalue weighted by molar-refractivity contribution is -0.0441. The summed E-state index contributed by atoms with van der Waals surface area (Å²) in [7, 11) is 4.07. The van der Waals surface area contributed by atoms with Gasteiger partial charge in [-0.2, -0.15) is 0 Å². The van der Waals surface area contributed by atoms with Crippen molar-refractivity contribution in [2.75, 3.05) is 20.8 Å². The minimum atomic E-state index is -0.00669. The van der Waals surface area contributed by atoms with E-state index >= 15 is 0 Å². The summed E-state index contributed by atoms with van der Waals surface area (Å²) in [5.74, 6) is -0.00669. The Labute approximate surface area is 71.1 Å². The van der Waals surface area contributed by atoms with Crippen LogP contribution in [-0.2, 0) is 9.47 Å². The molecule has 11 heavy (non-hydrogen) atoms. The normalized spacial score (nSPS) is 10.9. The molecule has 0 heterocycles. The van der Waals surface area contributed by atoms with Crippen molar-refractivity contribution in [3.05, 3.63) is 0 Å². The number of methoxy groups -OCH3 is 2. The van der Waals surface area contributed by atoms with Crippen LogP contribution in [-0.4, -0.2) is 36.2 Å². The zero-order valence-corrected chi connectivity index (χ0v) is 8.30. The van der Waals surface area contributed by atoms with E-state index in [1.807, 2.05) is 0 Å². The Bertz CT molecular complexity index is 78.8. The number of nitrogens with two attached hydrogens (primary N) is 1. The van der Waals surface area contributed by atoms with Gasteiger partial charge < -0.3 is 15.2 Å². The van der Waals surface area contributed by atoms with Crippen molar-refractivity contribution < 1.29 is 9.47 Å².